The van der Waals surface area contributed by atoms with E-state index in [0.717, 1.165) is 15.6 Å². The molecule has 0 fully saturated rings. The van der Waals surface area contributed by atoms with E-state index in [4.69, 9.17) is 4.74 Å². The summed E-state index contributed by atoms with van der Waals surface area (Å²) in [6.45, 7) is 6.32. The van der Waals surface area contributed by atoms with Gasteiger partial charge < -0.3 is 10.1 Å². The number of sulfone groups is 1. The van der Waals surface area contributed by atoms with Crippen LogP contribution >= 0.6 is 15.9 Å². The van der Waals surface area contributed by atoms with Crippen LogP contribution in [-0.4, -0.2) is 33.6 Å². The van der Waals surface area contributed by atoms with E-state index < -0.39 is 15.1 Å². The number of rotatable bonds is 6. The van der Waals surface area contributed by atoms with Gasteiger partial charge in [-0.1, -0.05) is 22.9 Å². The van der Waals surface area contributed by atoms with Gasteiger partial charge in [0.25, 0.3) is 0 Å². The highest BCUT2D eigenvalue weighted by molar-refractivity contribution is 9.10. The minimum absolute atomic E-state index is 0.304. The molecule has 0 spiro atoms. The van der Waals surface area contributed by atoms with Crippen LogP contribution in [0.15, 0.2) is 16.6 Å². The van der Waals surface area contributed by atoms with Gasteiger partial charge in [0.05, 0.1) is 18.4 Å². The van der Waals surface area contributed by atoms with Crippen LogP contribution in [0.5, 0.6) is 5.75 Å². The number of methoxy groups -OCH3 is 1. The maximum Gasteiger partial charge on any atom is 0.151 e. The smallest absolute Gasteiger partial charge is 0.151 e. The Morgan fingerprint density at radius 3 is 2.45 bits per heavy atom. The molecule has 0 aliphatic carbocycles. The van der Waals surface area contributed by atoms with Gasteiger partial charge >= 0.3 is 0 Å². The fourth-order valence-corrected chi connectivity index (χ4v) is 3.18. The van der Waals surface area contributed by atoms with Crippen molar-refractivity contribution in [3.8, 4) is 5.75 Å². The number of benzene rings is 1. The molecule has 20 heavy (non-hydrogen) atoms. The summed E-state index contributed by atoms with van der Waals surface area (Å²) >= 11 is 3.50. The fourth-order valence-electron chi connectivity index (χ4n) is 2.09. The van der Waals surface area contributed by atoms with Crippen molar-refractivity contribution in [1.82, 2.24) is 5.32 Å². The van der Waals surface area contributed by atoms with Crippen LogP contribution in [0.4, 0.5) is 0 Å². The molecule has 1 rings (SSSR count). The Hall–Kier alpha value is -0.590. The van der Waals surface area contributed by atoms with Gasteiger partial charge in [0.15, 0.2) is 9.84 Å². The molecule has 0 aliphatic heterocycles. The molecule has 4 nitrogen and oxygen atoms in total. The summed E-state index contributed by atoms with van der Waals surface area (Å²) in [4.78, 5) is 0. The molecule has 0 saturated heterocycles. The lowest BCUT2D eigenvalue weighted by molar-refractivity contribution is 0.397. The first-order valence-electron chi connectivity index (χ1n) is 6.48. The van der Waals surface area contributed by atoms with Crippen LogP contribution in [0.1, 0.15) is 31.0 Å². The molecule has 1 N–H and O–H groups in total. The molecule has 1 aromatic rings. The van der Waals surface area contributed by atoms with E-state index in [1.54, 1.807) is 14.0 Å². The molecule has 0 heterocycles. The lowest BCUT2D eigenvalue weighted by atomic mass is 10.0. The van der Waals surface area contributed by atoms with Gasteiger partial charge in [-0.05, 0) is 38.1 Å². The quantitative estimate of drug-likeness (QED) is 0.844. The Morgan fingerprint density at radius 1 is 1.40 bits per heavy atom. The summed E-state index contributed by atoms with van der Waals surface area (Å²) in [7, 11) is -1.56. The van der Waals surface area contributed by atoms with Crippen molar-refractivity contribution in [2.24, 2.45) is 0 Å². The molecule has 0 aromatic heterocycles. The largest absolute Gasteiger partial charge is 0.496 e. The second kappa shape index (κ2) is 6.91. The average molecular weight is 364 g/mol. The van der Waals surface area contributed by atoms with Crippen LogP contribution in [0.3, 0.4) is 0 Å². The van der Waals surface area contributed by atoms with Crippen molar-refractivity contribution >= 4 is 25.8 Å². The zero-order chi connectivity index (χ0) is 15.5. The molecule has 0 aliphatic rings. The second-order valence-corrected chi connectivity index (χ2v) is 8.17. The van der Waals surface area contributed by atoms with Gasteiger partial charge in [-0.3, -0.25) is 0 Å². The van der Waals surface area contributed by atoms with E-state index in [1.807, 2.05) is 26.0 Å². The summed E-state index contributed by atoms with van der Waals surface area (Å²) in [6.07, 6.45) is 1.26. The molecule has 0 saturated carbocycles. The molecular formula is C14H22BrNO3S. The van der Waals surface area contributed by atoms with Crippen LogP contribution < -0.4 is 10.1 Å². The number of hydrogen-bond donors (Lipinski definition) is 1. The maximum absolute atomic E-state index is 11.9. The highest BCUT2D eigenvalue weighted by Gasteiger charge is 2.29. The third-order valence-electron chi connectivity index (χ3n) is 3.41. The highest BCUT2D eigenvalue weighted by Crippen LogP contribution is 2.34. The van der Waals surface area contributed by atoms with Crippen molar-refractivity contribution in [2.45, 2.75) is 32.1 Å². The molecular weight excluding hydrogens is 342 g/mol. The third kappa shape index (κ3) is 3.96. The SMILES string of the molecule is CCNC(c1cc(Br)c(C)cc1OC)C(C)S(C)(=O)=O. The number of halogens is 1. The van der Waals surface area contributed by atoms with Gasteiger partial charge in [-0.15, -0.1) is 0 Å². The van der Waals surface area contributed by atoms with Crippen molar-refractivity contribution in [3.63, 3.8) is 0 Å². The fraction of sp³-hybridized carbons (Fsp3) is 0.571. The lowest BCUT2D eigenvalue weighted by Gasteiger charge is -2.26. The molecule has 0 radical (unpaired) electrons. The van der Waals surface area contributed by atoms with Gasteiger partial charge in [-0.25, -0.2) is 8.42 Å². The summed E-state index contributed by atoms with van der Waals surface area (Å²) in [6, 6.07) is 3.55. The van der Waals surface area contributed by atoms with Gasteiger partial charge in [0.2, 0.25) is 0 Å². The van der Waals surface area contributed by atoms with Crippen LogP contribution in [-0.2, 0) is 9.84 Å². The zero-order valence-corrected chi connectivity index (χ0v) is 14.9. The van der Waals surface area contributed by atoms with E-state index in [-0.39, 0.29) is 6.04 Å². The Morgan fingerprint density at radius 2 is 2.00 bits per heavy atom. The van der Waals surface area contributed by atoms with Crippen molar-refractivity contribution in [3.05, 3.63) is 27.7 Å². The summed E-state index contributed by atoms with van der Waals surface area (Å²) < 4.78 is 30.1. The number of nitrogens with one attached hydrogen (secondary N) is 1. The summed E-state index contributed by atoms with van der Waals surface area (Å²) in [5.74, 6) is 0.701. The van der Waals surface area contributed by atoms with Gasteiger partial charge in [-0.2, -0.15) is 0 Å². The van der Waals surface area contributed by atoms with Crippen LogP contribution in [0.2, 0.25) is 0 Å². The summed E-state index contributed by atoms with van der Waals surface area (Å²) in [5, 5.41) is 2.71. The predicted molar refractivity (Wildman–Crippen MR) is 86.2 cm³/mol. The first kappa shape index (κ1) is 17.5. The first-order chi connectivity index (χ1) is 9.22. The van der Waals surface area contributed by atoms with E-state index >= 15 is 0 Å². The molecule has 1 aromatic carbocycles. The number of hydrogen-bond acceptors (Lipinski definition) is 4. The van der Waals surface area contributed by atoms with Gasteiger partial charge in [0.1, 0.15) is 5.75 Å². The Labute approximate surface area is 130 Å². The van der Waals surface area contributed by atoms with E-state index in [9.17, 15) is 8.42 Å². The normalized spacial score (nSPS) is 14.9. The third-order valence-corrected chi connectivity index (χ3v) is 5.89. The first-order valence-corrected chi connectivity index (χ1v) is 9.23. The predicted octanol–water partition coefficient (Wildman–Crippen LogP) is 2.85. The van der Waals surface area contributed by atoms with E-state index in [0.29, 0.717) is 12.3 Å². The summed E-state index contributed by atoms with van der Waals surface area (Å²) in [5.41, 5.74) is 1.90. The van der Waals surface area contributed by atoms with Crippen molar-refractivity contribution in [2.75, 3.05) is 19.9 Å². The van der Waals surface area contributed by atoms with E-state index in [2.05, 4.69) is 21.2 Å². The number of ether oxygens (including phenoxy) is 1. The Kier molecular flexibility index (Phi) is 6.04. The minimum atomic E-state index is -3.15. The Bertz CT molecular complexity index is 572. The monoisotopic (exact) mass is 363 g/mol. The van der Waals surface area contributed by atoms with Crippen LogP contribution in [0.25, 0.3) is 0 Å². The van der Waals surface area contributed by atoms with Crippen molar-refractivity contribution < 1.29 is 13.2 Å². The van der Waals surface area contributed by atoms with Crippen molar-refractivity contribution in [1.29, 1.82) is 0 Å². The van der Waals surface area contributed by atoms with Crippen LogP contribution in [0, 0.1) is 6.92 Å². The minimum Gasteiger partial charge on any atom is -0.496 e. The molecule has 114 valence electrons. The second-order valence-electron chi connectivity index (χ2n) is 4.91. The highest BCUT2D eigenvalue weighted by atomic mass is 79.9. The topological polar surface area (TPSA) is 55.4 Å². The average Bonchev–Trinajstić information content (AvgIpc) is 2.37. The molecule has 0 bridgehead atoms. The zero-order valence-electron chi connectivity index (χ0n) is 12.5. The standard InChI is InChI=1S/C14H22BrNO3S/c1-6-16-14(10(3)20(5,17)18)11-8-12(15)9(2)7-13(11)19-4/h7-8,10,14,16H,6H2,1-5H3. The van der Waals surface area contributed by atoms with E-state index in [1.165, 1.54) is 6.26 Å². The lowest BCUT2D eigenvalue weighted by Crippen LogP contribution is -2.35. The van der Waals surface area contributed by atoms with Gasteiger partial charge in [0, 0.05) is 16.3 Å². The number of aryl methyl sites for hydroxylation is 1. The molecule has 6 heteroatoms. The Balaban J connectivity index is 3.38. The molecule has 0 amide bonds. The molecule has 2 atom stereocenters. The molecule has 2 unspecified atom stereocenters. The maximum atomic E-state index is 11.9.